The van der Waals surface area contributed by atoms with Crippen LogP contribution < -0.4 is 10.3 Å². The first-order valence-corrected chi connectivity index (χ1v) is 6.96. The summed E-state index contributed by atoms with van der Waals surface area (Å²) in [5.41, 5.74) is 0.949. The van der Waals surface area contributed by atoms with Crippen molar-refractivity contribution in [2.75, 3.05) is 6.61 Å². The van der Waals surface area contributed by atoms with Crippen molar-refractivity contribution in [3.05, 3.63) is 56.1 Å². The fourth-order valence-corrected chi connectivity index (χ4v) is 2.65. The van der Waals surface area contributed by atoms with E-state index in [1.54, 1.807) is 4.57 Å². The van der Waals surface area contributed by atoms with Gasteiger partial charge in [-0.05, 0) is 22.0 Å². The van der Waals surface area contributed by atoms with Gasteiger partial charge in [-0.1, -0.05) is 29.8 Å². The summed E-state index contributed by atoms with van der Waals surface area (Å²) in [4.78, 5) is 16.0. The number of nitrogens with zero attached hydrogens (tertiary/aromatic N) is 2. The number of rotatable bonds is 2. The van der Waals surface area contributed by atoms with Gasteiger partial charge in [0.05, 0.1) is 12.9 Å². The maximum absolute atomic E-state index is 12.0. The summed E-state index contributed by atoms with van der Waals surface area (Å²) in [5.74, 6) is 1.05. The van der Waals surface area contributed by atoms with Crippen LogP contribution in [0.3, 0.4) is 0 Å². The molecule has 6 heteroatoms. The lowest BCUT2D eigenvalue weighted by Gasteiger charge is -2.11. The van der Waals surface area contributed by atoms with E-state index in [0.717, 1.165) is 11.3 Å². The van der Waals surface area contributed by atoms with Gasteiger partial charge in [-0.2, -0.15) is 0 Å². The number of halogens is 2. The Balaban J connectivity index is 1.92. The summed E-state index contributed by atoms with van der Waals surface area (Å²) in [6, 6.07) is 7.87. The fourth-order valence-electron chi connectivity index (χ4n) is 2.19. The van der Waals surface area contributed by atoms with Gasteiger partial charge in [0.2, 0.25) is 0 Å². The second-order valence-corrected chi connectivity index (χ2v) is 5.50. The van der Waals surface area contributed by atoms with Crippen LogP contribution in [0.2, 0.25) is 5.15 Å². The van der Waals surface area contributed by atoms with Crippen LogP contribution in [0.5, 0.6) is 5.75 Å². The van der Waals surface area contributed by atoms with Crippen LogP contribution in [-0.4, -0.2) is 16.2 Å². The molecule has 0 amide bonds. The van der Waals surface area contributed by atoms with E-state index in [4.69, 9.17) is 16.3 Å². The summed E-state index contributed by atoms with van der Waals surface area (Å²) in [5, 5.41) is 0.185. The number of hydrogen-bond acceptors (Lipinski definition) is 3. The fraction of sp³-hybridized carbons (Fsp3) is 0.231. The monoisotopic (exact) mass is 340 g/mol. The third kappa shape index (κ3) is 2.28. The number of fused-ring (bicyclic) bond motifs is 1. The molecule has 0 N–H and O–H groups in total. The van der Waals surface area contributed by atoms with Crippen molar-refractivity contribution < 1.29 is 4.74 Å². The molecule has 3 rings (SSSR count). The topological polar surface area (TPSA) is 44.1 Å². The normalized spacial score (nSPS) is 17.1. The minimum absolute atomic E-state index is 0.156. The summed E-state index contributed by atoms with van der Waals surface area (Å²) >= 11 is 8.94. The Hall–Kier alpha value is -1.33. The molecule has 0 saturated carbocycles. The van der Waals surface area contributed by atoms with Gasteiger partial charge < -0.3 is 4.74 Å². The van der Waals surface area contributed by atoms with Crippen LogP contribution in [0.25, 0.3) is 0 Å². The molecule has 0 radical (unpaired) electrons. The Bertz CT molecular complexity index is 687. The molecule has 0 aliphatic carbocycles. The zero-order chi connectivity index (χ0) is 13.4. The summed E-state index contributed by atoms with van der Waals surface area (Å²) < 4.78 is 7.45. The zero-order valence-corrected chi connectivity index (χ0v) is 12.2. The van der Waals surface area contributed by atoms with Gasteiger partial charge in [-0.3, -0.25) is 9.36 Å². The van der Waals surface area contributed by atoms with Crippen molar-refractivity contribution in [2.45, 2.75) is 12.5 Å². The van der Waals surface area contributed by atoms with Crippen molar-refractivity contribution in [2.24, 2.45) is 0 Å². The van der Waals surface area contributed by atoms with E-state index in [1.165, 1.54) is 6.33 Å². The number of ether oxygens (including phenoxy) is 1. The molecule has 1 aromatic heterocycles. The van der Waals surface area contributed by atoms with Gasteiger partial charge in [-0.15, -0.1) is 0 Å². The summed E-state index contributed by atoms with van der Waals surface area (Å²) in [7, 11) is 0. The second-order valence-electron chi connectivity index (χ2n) is 4.35. The standard InChI is InChI=1S/C13H10BrClN2O2/c14-11-12(15)16-7-17(13(11)18)5-8-6-19-10-4-2-1-3-9(8)10/h1-4,7-8H,5-6H2. The van der Waals surface area contributed by atoms with E-state index >= 15 is 0 Å². The van der Waals surface area contributed by atoms with E-state index < -0.39 is 0 Å². The third-order valence-electron chi connectivity index (χ3n) is 3.16. The van der Waals surface area contributed by atoms with Crippen molar-refractivity contribution in [3.63, 3.8) is 0 Å². The summed E-state index contributed by atoms with van der Waals surface area (Å²) in [6.45, 7) is 1.10. The molecule has 4 nitrogen and oxygen atoms in total. The Labute approximate surface area is 123 Å². The van der Waals surface area contributed by atoms with Gasteiger partial charge in [0.1, 0.15) is 10.2 Å². The highest BCUT2D eigenvalue weighted by Crippen LogP contribution is 2.34. The average molecular weight is 342 g/mol. The highest BCUT2D eigenvalue weighted by molar-refractivity contribution is 9.10. The first kappa shape index (κ1) is 12.7. The molecule has 1 unspecified atom stereocenters. The van der Waals surface area contributed by atoms with Gasteiger partial charge >= 0.3 is 0 Å². The SMILES string of the molecule is O=c1c(Br)c(Cl)ncn1CC1COc2ccccc21. The molecule has 2 heterocycles. The Kier molecular flexibility index (Phi) is 3.33. The molecule has 0 fully saturated rings. The molecule has 0 bridgehead atoms. The predicted molar refractivity (Wildman–Crippen MR) is 75.9 cm³/mol. The number of aromatic nitrogens is 2. The van der Waals surface area contributed by atoms with Crippen molar-refractivity contribution in [1.29, 1.82) is 0 Å². The second kappa shape index (κ2) is 4.98. The summed E-state index contributed by atoms with van der Waals surface area (Å²) in [6.07, 6.45) is 1.47. The molecule has 0 spiro atoms. The smallest absolute Gasteiger partial charge is 0.269 e. The van der Waals surface area contributed by atoms with Crippen molar-refractivity contribution in [3.8, 4) is 5.75 Å². The quantitative estimate of drug-likeness (QED) is 0.789. The molecule has 1 atom stereocenters. The first-order chi connectivity index (χ1) is 9.16. The van der Waals surface area contributed by atoms with Crippen LogP contribution in [-0.2, 0) is 6.54 Å². The molecule has 2 aromatic rings. The van der Waals surface area contributed by atoms with Gasteiger partial charge in [0.15, 0.2) is 5.15 Å². The van der Waals surface area contributed by atoms with E-state index in [2.05, 4.69) is 20.9 Å². The Morgan fingerprint density at radius 2 is 2.26 bits per heavy atom. The molecule has 1 aromatic carbocycles. The van der Waals surface area contributed by atoms with Crippen molar-refractivity contribution >= 4 is 27.5 Å². The maximum Gasteiger partial charge on any atom is 0.269 e. The average Bonchev–Trinajstić information content (AvgIpc) is 2.83. The number of hydrogen-bond donors (Lipinski definition) is 0. The lowest BCUT2D eigenvalue weighted by Crippen LogP contribution is -2.25. The molecule has 1 aliphatic heterocycles. The highest BCUT2D eigenvalue weighted by atomic mass is 79.9. The molecule has 0 saturated heterocycles. The lowest BCUT2D eigenvalue weighted by atomic mass is 10.0. The minimum Gasteiger partial charge on any atom is -0.493 e. The van der Waals surface area contributed by atoms with E-state index in [9.17, 15) is 4.79 Å². The molecule has 19 heavy (non-hydrogen) atoms. The third-order valence-corrected chi connectivity index (χ3v) is 4.39. The van der Waals surface area contributed by atoms with E-state index in [1.807, 2.05) is 24.3 Å². The minimum atomic E-state index is -0.176. The van der Waals surface area contributed by atoms with E-state index in [0.29, 0.717) is 17.6 Å². The molecular formula is C13H10BrClN2O2. The van der Waals surface area contributed by atoms with E-state index in [-0.39, 0.29) is 16.6 Å². The van der Waals surface area contributed by atoms with Crippen LogP contribution in [0.1, 0.15) is 11.5 Å². The van der Waals surface area contributed by atoms with Crippen LogP contribution in [0.4, 0.5) is 0 Å². The maximum atomic E-state index is 12.0. The Morgan fingerprint density at radius 3 is 3.11 bits per heavy atom. The Morgan fingerprint density at radius 1 is 1.47 bits per heavy atom. The van der Waals surface area contributed by atoms with Gasteiger partial charge in [-0.25, -0.2) is 4.98 Å². The van der Waals surface area contributed by atoms with Crippen molar-refractivity contribution in [1.82, 2.24) is 9.55 Å². The molecule has 1 aliphatic rings. The largest absolute Gasteiger partial charge is 0.493 e. The highest BCUT2D eigenvalue weighted by Gasteiger charge is 2.24. The lowest BCUT2D eigenvalue weighted by molar-refractivity contribution is 0.317. The van der Waals surface area contributed by atoms with Gasteiger partial charge in [0, 0.05) is 18.0 Å². The predicted octanol–water partition coefficient (Wildman–Crippen LogP) is 2.84. The van der Waals surface area contributed by atoms with Gasteiger partial charge in [0.25, 0.3) is 5.56 Å². The van der Waals surface area contributed by atoms with Crippen LogP contribution >= 0.6 is 27.5 Å². The zero-order valence-electron chi connectivity index (χ0n) is 9.85. The number of para-hydroxylation sites is 1. The van der Waals surface area contributed by atoms with Crippen LogP contribution in [0.15, 0.2) is 39.9 Å². The number of benzene rings is 1. The van der Waals surface area contributed by atoms with Crippen LogP contribution in [0, 0.1) is 0 Å². The molecule has 98 valence electrons. The molecular weight excluding hydrogens is 332 g/mol. The first-order valence-electron chi connectivity index (χ1n) is 5.79.